The number of rotatable bonds is 6. The Labute approximate surface area is 191 Å². The molecule has 31 heavy (non-hydrogen) atoms. The van der Waals surface area contributed by atoms with Gasteiger partial charge in [0, 0.05) is 48.4 Å². The molecule has 1 saturated heterocycles. The van der Waals surface area contributed by atoms with Crippen molar-refractivity contribution in [3.05, 3.63) is 58.1 Å². The molecule has 1 heterocycles. The minimum Gasteiger partial charge on any atom is -0.493 e. The van der Waals surface area contributed by atoms with Crippen molar-refractivity contribution >= 4 is 45.2 Å². The molecule has 166 valence electrons. The SMILES string of the molecule is COc1ccc(S(=O)(=O)N2CCN(C(=O)/C=C/c3ccc(Cl)cc3Cl)CC2)cc1OC. The van der Waals surface area contributed by atoms with Crippen molar-refractivity contribution in [2.45, 2.75) is 4.90 Å². The maximum Gasteiger partial charge on any atom is 0.246 e. The van der Waals surface area contributed by atoms with Gasteiger partial charge in [-0.1, -0.05) is 29.3 Å². The van der Waals surface area contributed by atoms with Crippen LogP contribution in [-0.2, 0) is 14.8 Å². The Bertz CT molecular complexity index is 1100. The predicted molar refractivity (Wildman–Crippen MR) is 120 cm³/mol. The van der Waals surface area contributed by atoms with Crippen LogP contribution in [0, 0.1) is 0 Å². The fourth-order valence-corrected chi connectivity index (χ4v) is 5.09. The Hall–Kier alpha value is -2.26. The molecule has 0 N–H and O–H groups in total. The maximum absolute atomic E-state index is 13.0. The number of carbonyl (C=O) groups is 1. The summed E-state index contributed by atoms with van der Waals surface area (Å²) in [5, 5.41) is 0.961. The summed E-state index contributed by atoms with van der Waals surface area (Å²) in [7, 11) is -0.790. The van der Waals surface area contributed by atoms with Gasteiger partial charge in [0.2, 0.25) is 15.9 Å². The van der Waals surface area contributed by atoms with Gasteiger partial charge >= 0.3 is 0 Å². The van der Waals surface area contributed by atoms with E-state index >= 15 is 0 Å². The second kappa shape index (κ2) is 9.91. The van der Waals surface area contributed by atoms with E-state index in [0.29, 0.717) is 27.1 Å². The smallest absolute Gasteiger partial charge is 0.246 e. The first-order valence-electron chi connectivity index (χ1n) is 9.40. The number of halogens is 2. The molecule has 2 aromatic carbocycles. The molecular weight excluding hydrogens is 463 g/mol. The summed E-state index contributed by atoms with van der Waals surface area (Å²) >= 11 is 12.0. The second-order valence-corrected chi connectivity index (χ2v) is 9.53. The van der Waals surface area contributed by atoms with Crippen molar-refractivity contribution < 1.29 is 22.7 Å². The average Bonchev–Trinajstić information content (AvgIpc) is 2.77. The van der Waals surface area contributed by atoms with E-state index in [2.05, 4.69) is 0 Å². The molecule has 0 radical (unpaired) electrons. The number of hydrogen-bond donors (Lipinski definition) is 0. The Morgan fingerprint density at radius 3 is 2.26 bits per heavy atom. The largest absolute Gasteiger partial charge is 0.493 e. The van der Waals surface area contributed by atoms with Crippen LogP contribution in [0.1, 0.15) is 5.56 Å². The molecule has 1 fully saturated rings. The molecule has 1 aliphatic heterocycles. The lowest BCUT2D eigenvalue weighted by molar-refractivity contribution is -0.127. The molecule has 1 aliphatic rings. The molecule has 0 atom stereocenters. The van der Waals surface area contributed by atoms with Gasteiger partial charge in [0.25, 0.3) is 0 Å². The number of amides is 1. The Balaban J connectivity index is 1.65. The Morgan fingerprint density at radius 2 is 1.65 bits per heavy atom. The first-order chi connectivity index (χ1) is 14.8. The lowest BCUT2D eigenvalue weighted by Crippen LogP contribution is -2.50. The van der Waals surface area contributed by atoms with Crippen molar-refractivity contribution in [1.29, 1.82) is 0 Å². The van der Waals surface area contributed by atoms with Crippen molar-refractivity contribution in [3.8, 4) is 11.5 Å². The van der Waals surface area contributed by atoms with E-state index < -0.39 is 10.0 Å². The quantitative estimate of drug-likeness (QED) is 0.585. The number of piperazine rings is 1. The van der Waals surface area contributed by atoms with Gasteiger partial charge in [-0.05, 0) is 35.9 Å². The van der Waals surface area contributed by atoms with Crippen molar-refractivity contribution in [3.63, 3.8) is 0 Å². The number of sulfonamides is 1. The number of methoxy groups -OCH3 is 2. The first kappa shape index (κ1) is 23.4. The van der Waals surface area contributed by atoms with Gasteiger partial charge in [-0.15, -0.1) is 0 Å². The van der Waals surface area contributed by atoms with Crippen LogP contribution in [0.15, 0.2) is 47.4 Å². The van der Waals surface area contributed by atoms with Gasteiger partial charge < -0.3 is 14.4 Å². The Morgan fingerprint density at radius 1 is 0.968 bits per heavy atom. The van der Waals surface area contributed by atoms with E-state index in [-0.39, 0.29) is 37.0 Å². The van der Waals surface area contributed by atoms with Crippen LogP contribution in [0.25, 0.3) is 6.08 Å². The number of benzene rings is 2. The average molecular weight is 485 g/mol. The van der Waals surface area contributed by atoms with Gasteiger partial charge in [0.15, 0.2) is 11.5 Å². The fraction of sp³-hybridized carbons (Fsp3) is 0.286. The van der Waals surface area contributed by atoms with Gasteiger partial charge in [-0.2, -0.15) is 4.31 Å². The van der Waals surface area contributed by atoms with Crippen LogP contribution in [-0.4, -0.2) is 63.9 Å². The summed E-state index contributed by atoms with van der Waals surface area (Å²) in [5.74, 6) is 0.571. The molecule has 0 aromatic heterocycles. The highest BCUT2D eigenvalue weighted by molar-refractivity contribution is 7.89. The summed E-state index contributed by atoms with van der Waals surface area (Å²) < 4.78 is 37.7. The molecule has 0 bridgehead atoms. The topological polar surface area (TPSA) is 76.2 Å². The van der Waals surface area contributed by atoms with Gasteiger partial charge in [-0.3, -0.25) is 4.79 Å². The van der Waals surface area contributed by atoms with E-state index in [1.54, 1.807) is 35.2 Å². The third-order valence-electron chi connectivity index (χ3n) is 4.91. The van der Waals surface area contributed by atoms with Crippen LogP contribution in [0.2, 0.25) is 10.0 Å². The van der Waals surface area contributed by atoms with Crippen LogP contribution < -0.4 is 9.47 Å². The fourth-order valence-electron chi connectivity index (χ4n) is 3.18. The number of hydrogen-bond acceptors (Lipinski definition) is 5. The molecule has 0 aliphatic carbocycles. The molecule has 7 nitrogen and oxygen atoms in total. The number of nitrogens with zero attached hydrogens (tertiary/aromatic N) is 2. The van der Waals surface area contributed by atoms with Crippen LogP contribution in [0.4, 0.5) is 0 Å². The van der Waals surface area contributed by atoms with Crippen molar-refractivity contribution in [2.24, 2.45) is 0 Å². The first-order valence-corrected chi connectivity index (χ1v) is 11.6. The van der Waals surface area contributed by atoms with E-state index in [4.69, 9.17) is 32.7 Å². The molecule has 10 heteroatoms. The highest BCUT2D eigenvalue weighted by Gasteiger charge is 2.30. The monoisotopic (exact) mass is 484 g/mol. The van der Waals surface area contributed by atoms with Gasteiger partial charge in [-0.25, -0.2) is 8.42 Å². The van der Waals surface area contributed by atoms with Crippen LogP contribution in [0.3, 0.4) is 0 Å². The van der Waals surface area contributed by atoms with E-state index in [0.717, 1.165) is 0 Å². The van der Waals surface area contributed by atoms with Crippen molar-refractivity contribution in [1.82, 2.24) is 9.21 Å². The summed E-state index contributed by atoms with van der Waals surface area (Å²) in [4.78, 5) is 14.2. The second-order valence-electron chi connectivity index (χ2n) is 6.75. The molecule has 0 unspecified atom stereocenters. The highest BCUT2D eigenvalue weighted by Crippen LogP contribution is 2.31. The van der Waals surface area contributed by atoms with Crippen LogP contribution >= 0.6 is 23.2 Å². The summed E-state index contributed by atoms with van der Waals surface area (Å²) in [5.41, 5.74) is 0.675. The summed E-state index contributed by atoms with van der Waals surface area (Å²) in [6, 6.07) is 9.48. The Kier molecular flexibility index (Phi) is 7.48. The number of ether oxygens (including phenoxy) is 2. The van der Waals surface area contributed by atoms with E-state index in [9.17, 15) is 13.2 Å². The van der Waals surface area contributed by atoms with Gasteiger partial charge in [0.05, 0.1) is 19.1 Å². The molecular formula is C21H22Cl2N2O5S. The van der Waals surface area contributed by atoms with Gasteiger partial charge in [0.1, 0.15) is 0 Å². The molecule has 2 aromatic rings. The zero-order valence-electron chi connectivity index (χ0n) is 17.0. The van der Waals surface area contributed by atoms with E-state index in [1.165, 1.54) is 36.7 Å². The molecule has 0 spiro atoms. The molecule has 3 rings (SSSR count). The highest BCUT2D eigenvalue weighted by atomic mass is 35.5. The molecule has 1 amide bonds. The predicted octanol–water partition coefficient (Wildman–Crippen LogP) is 3.56. The number of carbonyl (C=O) groups excluding carboxylic acids is 1. The minimum absolute atomic E-state index is 0.113. The summed E-state index contributed by atoms with van der Waals surface area (Å²) in [6.07, 6.45) is 3.04. The standard InChI is InChI=1S/C21H22Cl2N2O5S/c1-29-19-7-6-17(14-20(19)30-2)31(27,28)25-11-9-24(10-12-25)21(26)8-4-15-3-5-16(22)13-18(15)23/h3-8,13-14H,9-12H2,1-2H3/b8-4+. The zero-order valence-corrected chi connectivity index (χ0v) is 19.4. The maximum atomic E-state index is 13.0. The molecule has 0 saturated carbocycles. The lowest BCUT2D eigenvalue weighted by Gasteiger charge is -2.33. The third-order valence-corrected chi connectivity index (χ3v) is 7.37. The van der Waals surface area contributed by atoms with E-state index in [1.807, 2.05) is 0 Å². The normalized spacial score (nSPS) is 15.3. The lowest BCUT2D eigenvalue weighted by atomic mass is 10.2. The minimum atomic E-state index is -3.72. The third kappa shape index (κ3) is 5.33. The van der Waals surface area contributed by atoms with Crippen LogP contribution in [0.5, 0.6) is 11.5 Å². The van der Waals surface area contributed by atoms with Crippen molar-refractivity contribution in [2.75, 3.05) is 40.4 Å². The zero-order chi connectivity index (χ0) is 22.6. The summed E-state index contributed by atoms with van der Waals surface area (Å²) in [6.45, 7) is 0.948.